The van der Waals surface area contributed by atoms with Gasteiger partial charge in [-0.1, -0.05) is 25.0 Å². The summed E-state index contributed by atoms with van der Waals surface area (Å²) in [6.45, 7) is 5.37. The first-order valence-electron chi connectivity index (χ1n) is 10.1. The number of hydrogen-bond acceptors (Lipinski definition) is 5. The Bertz CT molecular complexity index is 767. The Hall–Kier alpha value is -1.30. The summed E-state index contributed by atoms with van der Waals surface area (Å²) in [5.41, 5.74) is -0.534. The van der Waals surface area contributed by atoms with E-state index in [1.54, 1.807) is 12.2 Å². The summed E-state index contributed by atoms with van der Waals surface area (Å²) in [5.74, 6) is -0.225. The van der Waals surface area contributed by atoms with Gasteiger partial charge >= 0.3 is 0 Å². The highest BCUT2D eigenvalue weighted by molar-refractivity contribution is 6.02. The van der Waals surface area contributed by atoms with Gasteiger partial charge in [-0.15, -0.1) is 0 Å². The smallest absolute Gasteiger partial charge is 0.190 e. The first kappa shape index (κ1) is 19.0. The molecule has 0 aliphatic heterocycles. The van der Waals surface area contributed by atoms with Gasteiger partial charge in [0.25, 0.3) is 0 Å². The number of ketones is 2. The molecule has 0 amide bonds. The Morgan fingerprint density at radius 1 is 1.26 bits per heavy atom. The molecule has 3 fully saturated rings. The average molecular weight is 374 g/mol. The molecule has 4 rings (SSSR count). The van der Waals surface area contributed by atoms with Crippen molar-refractivity contribution < 1.29 is 24.9 Å². The molecule has 0 radical (unpaired) electrons. The van der Waals surface area contributed by atoms with Crippen molar-refractivity contribution in [2.24, 2.45) is 28.6 Å². The maximum absolute atomic E-state index is 12.4. The van der Waals surface area contributed by atoms with Crippen molar-refractivity contribution >= 4 is 11.6 Å². The van der Waals surface area contributed by atoms with E-state index in [0.717, 1.165) is 30.4 Å². The third-order valence-electron chi connectivity index (χ3n) is 8.79. The average Bonchev–Trinajstić information content (AvgIpc) is 2.87. The molecule has 7 atom stereocenters. The highest BCUT2D eigenvalue weighted by atomic mass is 16.3. The van der Waals surface area contributed by atoms with Crippen molar-refractivity contribution in [1.82, 2.24) is 0 Å². The molecule has 5 nitrogen and oxygen atoms in total. The normalized spacial score (nSPS) is 48.9. The maximum atomic E-state index is 12.4. The third kappa shape index (κ3) is 2.22. The van der Waals surface area contributed by atoms with Crippen molar-refractivity contribution in [2.75, 3.05) is 6.61 Å². The molecular weight excluding hydrogens is 344 g/mol. The van der Waals surface area contributed by atoms with E-state index < -0.39 is 29.5 Å². The molecule has 0 bridgehead atoms. The van der Waals surface area contributed by atoms with Crippen LogP contribution in [-0.4, -0.2) is 45.2 Å². The summed E-state index contributed by atoms with van der Waals surface area (Å²) >= 11 is 0. The molecule has 148 valence electrons. The molecule has 0 aromatic carbocycles. The van der Waals surface area contributed by atoms with Gasteiger partial charge in [0, 0.05) is 16.7 Å². The molecular formula is C22H30O5. The van der Waals surface area contributed by atoms with Gasteiger partial charge in [-0.2, -0.15) is 0 Å². The zero-order chi connectivity index (χ0) is 19.8. The summed E-state index contributed by atoms with van der Waals surface area (Å²) < 4.78 is 0. The van der Waals surface area contributed by atoms with Gasteiger partial charge in [0.15, 0.2) is 11.6 Å². The van der Waals surface area contributed by atoms with Crippen molar-refractivity contribution in [3.63, 3.8) is 0 Å². The standard InChI is InChI=1S/C22H30O5/c1-12-8-14(24)9-13-4-5-15-16-6-7-22(27,18(26)11-23)20(16,2)10-17(25)19(15)21(12,13)3/h8-9,15-17,19,23,25,27H,4-7,10-11H2,1-3H3/t15-,16-,17?,19+,20-,21-,22-/m0/s1. The SMILES string of the molecule is CC1=CC(=O)C=C2CC[C@@H]3[C@H](C(O)C[C@@]4(C)[C@H]3CC[C@]4(O)C(=O)CO)[C@@]12C. The lowest BCUT2D eigenvalue weighted by Gasteiger charge is -2.60. The number of aliphatic hydroxyl groups is 3. The molecule has 0 spiro atoms. The Morgan fingerprint density at radius 3 is 2.63 bits per heavy atom. The summed E-state index contributed by atoms with van der Waals surface area (Å²) in [6, 6.07) is 0. The van der Waals surface area contributed by atoms with Crippen LogP contribution in [-0.2, 0) is 9.59 Å². The van der Waals surface area contributed by atoms with Crippen LogP contribution in [0.5, 0.6) is 0 Å². The Labute approximate surface area is 160 Å². The van der Waals surface area contributed by atoms with Crippen LogP contribution in [0.1, 0.15) is 52.9 Å². The van der Waals surface area contributed by atoms with E-state index in [4.69, 9.17) is 0 Å². The van der Waals surface area contributed by atoms with Gasteiger partial charge in [-0.25, -0.2) is 0 Å². The lowest BCUT2D eigenvalue weighted by Crippen LogP contribution is -2.62. The van der Waals surface area contributed by atoms with Crippen LogP contribution in [0, 0.1) is 28.6 Å². The van der Waals surface area contributed by atoms with Crippen LogP contribution in [0.3, 0.4) is 0 Å². The predicted octanol–water partition coefficient (Wildman–Crippen LogP) is 1.95. The van der Waals surface area contributed by atoms with Crippen molar-refractivity contribution in [2.45, 2.75) is 64.6 Å². The minimum atomic E-state index is -1.57. The van der Waals surface area contributed by atoms with Crippen molar-refractivity contribution in [1.29, 1.82) is 0 Å². The molecule has 4 aliphatic rings. The Balaban J connectivity index is 1.77. The van der Waals surface area contributed by atoms with E-state index in [1.165, 1.54) is 0 Å². The van der Waals surface area contributed by atoms with Gasteiger partial charge in [0.1, 0.15) is 12.2 Å². The second-order valence-corrected chi connectivity index (χ2v) is 9.61. The lowest BCUT2D eigenvalue weighted by atomic mass is 9.45. The fraction of sp³-hybridized carbons (Fsp3) is 0.727. The van der Waals surface area contributed by atoms with Gasteiger partial charge in [0.05, 0.1) is 6.10 Å². The summed E-state index contributed by atoms with van der Waals surface area (Å²) in [7, 11) is 0. The molecule has 4 aliphatic carbocycles. The molecule has 3 saturated carbocycles. The Morgan fingerprint density at radius 2 is 1.96 bits per heavy atom. The summed E-state index contributed by atoms with van der Waals surface area (Å²) in [4.78, 5) is 24.4. The zero-order valence-electron chi connectivity index (χ0n) is 16.4. The number of Topliss-reactive ketones (excluding diaryl/α,β-unsaturated/α-hetero) is 1. The van der Waals surface area contributed by atoms with Crippen LogP contribution in [0.15, 0.2) is 23.3 Å². The van der Waals surface area contributed by atoms with Crippen LogP contribution in [0.2, 0.25) is 0 Å². The second-order valence-electron chi connectivity index (χ2n) is 9.61. The first-order chi connectivity index (χ1) is 12.6. The number of carbonyl (C=O) groups is 2. The molecule has 27 heavy (non-hydrogen) atoms. The number of aliphatic hydroxyl groups excluding tert-OH is 2. The van der Waals surface area contributed by atoms with E-state index >= 15 is 0 Å². The fourth-order valence-electron chi connectivity index (χ4n) is 7.27. The van der Waals surface area contributed by atoms with Crippen LogP contribution < -0.4 is 0 Å². The number of hydrogen-bond donors (Lipinski definition) is 3. The van der Waals surface area contributed by atoms with Crippen LogP contribution in [0.4, 0.5) is 0 Å². The van der Waals surface area contributed by atoms with Crippen LogP contribution in [0.25, 0.3) is 0 Å². The minimum Gasteiger partial charge on any atom is -0.393 e. The largest absolute Gasteiger partial charge is 0.393 e. The van der Waals surface area contributed by atoms with Crippen LogP contribution >= 0.6 is 0 Å². The van der Waals surface area contributed by atoms with Gasteiger partial charge in [-0.3, -0.25) is 9.59 Å². The predicted molar refractivity (Wildman–Crippen MR) is 99.7 cm³/mol. The number of rotatable bonds is 2. The lowest BCUT2D eigenvalue weighted by molar-refractivity contribution is -0.179. The molecule has 3 N–H and O–H groups in total. The van der Waals surface area contributed by atoms with E-state index in [1.807, 2.05) is 13.8 Å². The van der Waals surface area contributed by atoms with Gasteiger partial charge in [0.2, 0.25) is 0 Å². The number of fused-ring (bicyclic) bond motifs is 5. The van der Waals surface area contributed by atoms with Gasteiger partial charge < -0.3 is 15.3 Å². The zero-order valence-corrected chi connectivity index (χ0v) is 16.4. The number of carbonyl (C=O) groups excluding carboxylic acids is 2. The fourth-order valence-corrected chi connectivity index (χ4v) is 7.27. The third-order valence-corrected chi connectivity index (χ3v) is 8.79. The quantitative estimate of drug-likeness (QED) is 0.687. The highest BCUT2D eigenvalue weighted by Crippen LogP contribution is 2.67. The summed E-state index contributed by atoms with van der Waals surface area (Å²) in [5, 5.41) is 31.9. The Kier molecular flexibility index (Phi) is 4.12. The summed E-state index contributed by atoms with van der Waals surface area (Å²) in [6.07, 6.45) is 5.83. The van der Waals surface area contributed by atoms with Crippen molar-refractivity contribution in [3.8, 4) is 0 Å². The maximum Gasteiger partial charge on any atom is 0.190 e. The second kappa shape index (κ2) is 5.85. The minimum absolute atomic E-state index is 0.0218. The number of allylic oxidation sites excluding steroid dienone is 4. The van der Waals surface area contributed by atoms with E-state index in [-0.39, 0.29) is 29.0 Å². The molecule has 0 heterocycles. The van der Waals surface area contributed by atoms with E-state index in [0.29, 0.717) is 12.8 Å². The molecule has 0 saturated heterocycles. The molecule has 0 aromatic rings. The first-order valence-corrected chi connectivity index (χ1v) is 10.1. The van der Waals surface area contributed by atoms with E-state index in [2.05, 4.69) is 6.92 Å². The van der Waals surface area contributed by atoms with E-state index in [9.17, 15) is 24.9 Å². The topological polar surface area (TPSA) is 94.8 Å². The van der Waals surface area contributed by atoms with Gasteiger partial charge in [-0.05, 0) is 63.0 Å². The highest BCUT2D eigenvalue weighted by Gasteiger charge is 2.68. The molecule has 5 heteroatoms. The van der Waals surface area contributed by atoms with Crippen molar-refractivity contribution in [3.05, 3.63) is 23.3 Å². The monoisotopic (exact) mass is 374 g/mol. The molecule has 1 unspecified atom stereocenters. The molecule has 0 aromatic heterocycles.